The Bertz CT molecular complexity index is 991. The van der Waals surface area contributed by atoms with Gasteiger partial charge < -0.3 is 19.1 Å². The van der Waals surface area contributed by atoms with Crippen molar-refractivity contribution in [2.75, 3.05) is 7.05 Å². The average molecular weight is 403 g/mol. The number of nitrogens with zero attached hydrogens (tertiary/aromatic N) is 1. The summed E-state index contributed by atoms with van der Waals surface area (Å²) < 4.78 is 17.7. The van der Waals surface area contributed by atoms with E-state index >= 15 is 0 Å². The Labute approximate surface area is 176 Å². The molecule has 2 atom stereocenters. The summed E-state index contributed by atoms with van der Waals surface area (Å²) in [5.41, 5.74) is 3.03. The number of amides is 1. The molecule has 1 aliphatic heterocycles. The molecule has 1 saturated heterocycles. The molecule has 3 aromatic rings. The molecule has 30 heavy (non-hydrogen) atoms. The molecule has 5 nitrogen and oxygen atoms in total. The summed E-state index contributed by atoms with van der Waals surface area (Å²) in [4.78, 5) is 13.5. The Morgan fingerprint density at radius 2 is 1.40 bits per heavy atom. The molecule has 0 saturated carbocycles. The molecule has 0 aliphatic carbocycles. The number of carbonyl (C=O) groups excluding carboxylic acids is 1. The third-order valence-corrected chi connectivity index (χ3v) is 5.34. The van der Waals surface area contributed by atoms with Crippen LogP contribution in [0, 0.1) is 0 Å². The number of cyclic esters (lactones) is 1. The Morgan fingerprint density at radius 3 is 1.93 bits per heavy atom. The van der Waals surface area contributed by atoms with Crippen LogP contribution in [0.1, 0.15) is 29.7 Å². The van der Waals surface area contributed by atoms with E-state index in [0.29, 0.717) is 24.7 Å². The maximum absolute atomic E-state index is 11.9. The first kappa shape index (κ1) is 19.8. The van der Waals surface area contributed by atoms with Crippen LogP contribution in [0.5, 0.6) is 11.5 Å². The second-order valence-electron chi connectivity index (χ2n) is 7.41. The van der Waals surface area contributed by atoms with Crippen LogP contribution >= 0.6 is 0 Å². The number of ether oxygens (including phenoxy) is 3. The van der Waals surface area contributed by atoms with Crippen molar-refractivity contribution in [2.24, 2.45) is 0 Å². The Kier molecular flexibility index (Phi) is 5.89. The summed E-state index contributed by atoms with van der Waals surface area (Å²) in [5, 5.41) is 0. The number of carbonyl (C=O) groups is 1. The van der Waals surface area contributed by atoms with Gasteiger partial charge in [-0.3, -0.25) is 0 Å². The van der Waals surface area contributed by atoms with Crippen LogP contribution in [0.4, 0.5) is 4.79 Å². The lowest BCUT2D eigenvalue weighted by atomic mass is 10.0. The third-order valence-electron chi connectivity index (χ3n) is 5.34. The highest BCUT2D eigenvalue weighted by atomic mass is 16.6. The Morgan fingerprint density at radius 1 is 0.833 bits per heavy atom. The first-order chi connectivity index (χ1) is 14.6. The molecular weight excluding hydrogens is 378 g/mol. The van der Waals surface area contributed by atoms with E-state index in [1.807, 2.05) is 85.8 Å². The summed E-state index contributed by atoms with van der Waals surface area (Å²) in [6, 6.07) is 25.7. The van der Waals surface area contributed by atoms with Crippen LogP contribution in [-0.4, -0.2) is 24.1 Å². The number of hydrogen-bond donors (Lipinski definition) is 0. The van der Waals surface area contributed by atoms with Gasteiger partial charge in [-0.1, -0.05) is 66.7 Å². The van der Waals surface area contributed by atoms with Crippen molar-refractivity contribution in [1.82, 2.24) is 4.90 Å². The predicted molar refractivity (Wildman–Crippen MR) is 114 cm³/mol. The molecule has 4 rings (SSSR count). The van der Waals surface area contributed by atoms with Crippen molar-refractivity contribution in [1.29, 1.82) is 0 Å². The lowest BCUT2D eigenvalue weighted by Gasteiger charge is -2.19. The van der Waals surface area contributed by atoms with Gasteiger partial charge in [0.2, 0.25) is 0 Å². The first-order valence-corrected chi connectivity index (χ1v) is 10.0. The van der Waals surface area contributed by atoms with Crippen molar-refractivity contribution in [3.8, 4) is 11.5 Å². The van der Waals surface area contributed by atoms with Gasteiger partial charge in [-0.2, -0.15) is 0 Å². The summed E-state index contributed by atoms with van der Waals surface area (Å²) in [6.07, 6.45) is -0.659. The van der Waals surface area contributed by atoms with E-state index in [4.69, 9.17) is 14.2 Å². The minimum Gasteiger partial charge on any atom is -0.485 e. The maximum atomic E-state index is 11.9. The number of rotatable bonds is 7. The molecule has 1 heterocycles. The van der Waals surface area contributed by atoms with E-state index < -0.39 is 0 Å². The fourth-order valence-corrected chi connectivity index (χ4v) is 3.41. The zero-order chi connectivity index (χ0) is 20.9. The topological polar surface area (TPSA) is 48.0 Å². The molecule has 1 amide bonds. The minimum atomic E-state index is -0.343. The summed E-state index contributed by atoms with van der Waals surface area (Å²) in [6.45, 7) is 2.84. The molecule has 1 aliphatic rings. The predicted octanol–water partition coefficient (Wildman–Crippen LogP) is 5.36. The van der Waals surface area contributed by atoms with Gasteiger partial charge in [0.1, 0.15) is 19.3 Å². The highest BCUT2D eigenvalue weighted by Crippen LogP contribution is 2.37. The quantitative estimate of drug-likeness (QED) is 0.533. The molecule has 2 unspecified atom stereocenters. The zero-order valence-electron chi connectivity index (χ0n) is 17.2. The van der Waals surface area contributed by atoms with Crippen LogP contribution in [0.2, 0.25) is 0 Å². The average Bonchev–Trinajstić information content (AvgIpc) is 3.05. The van der Waals surface area contributed by atoms with Gasteiger partial charge in [0.25, 0.3) is 0 Å². The van der Waals surface area contributed by atoms with E-state index in [0.717, 1.165) is 16.7 Å². The Balaban J connectivity index is 1.57. The molecule has 154 valence electrons. The van der Waals surface area contributed by atoms with Gasteiger partial charge in [-0.05, 0) is 35.7 Å². The summed E-state index contributed by atoms with van der Waals surface area (Å²) >= 11 is 0. The molecule has 0 bridgehead atoms. The van der Waals surface area contributed by atoms with Gasteiger partial charge in [0.15, 0.2) is 11.5 Å². The number of likely N-dealkylation sites (N-methyl/N-ethyl adjacent to an activating group) is 1. The molecule has 0 aromatic heterocycles. The number of benzene rings is 3. The molecule has 5 heteroatoms. The fraction of sp³-hybridized carbons (Fsp3) is 0.240. The largest absolute Gasteiger partial charge is 0.485 e. The first-order valence-electron chi connectivity index (χ1n) is 10.0. The molecule has 1 fully saturated rings. The van der Waals surface area contributed by atoms with Crippen LogP contribution in [0.15, 0.2) is 78.9 Å². The van der Waals surface area contributed by atoms with E-state index in [1.54, 1.807) is 11.9 Å². The van der Waals surface area contributed by atoms with Crippen LogP contribution in [0.3, 0.4) is 0 Å². The fourth-order valence-electron chi connectivity index (χ4n) is 3.41. The van der Waals surface area contributed by atoms with Gasteiger partial charge in [0, 0.05) is 7.05 Å². The van der Waals surface area contributed by atoms with Crippen molar-refractivity contribution in [2.45, 2.75) is 32.3 Å². The third kappa shape index (κ3) is 4.40. The van der Waals surface area contributed by atoms with Crippen LogP contribution in [-0.2, 0) is 18.0 Å². The molecule has 0 radical (unpaired) electrons. The normalized spacial score (nSPS) is 18.2. The smallest absolute Gasteiger partial charge is 0.410 e. The van der Waals surface area contributed by atoms with Gasteiger partial charge in [0.05, 0.1) is 6.04 Å². The SMILES string of the molecule is CC1C(c2ccc(OCc3ccccc3)c(OCc3ccccc3)c2)OC(=O)N1C. The zero-order valence-corrected chi connectivity index (χ0v) is 17.2. The molecule has 0 N–H and O–H groups in total. The lowest BCUT2D eigenvalue weighted by molar-refractivity contribution is 0.131. The standard InChI is InChI=1S/C25H25NO4/c1-18-24(30-25(27)26(18)2)21-13-14-22(28-16-19-9-5-3-6-10-19)23(15-21)29-17-20-11-7-4-8-12-20/h3-15,18,24H,16-17H2,1-2H3. The lowest BCUT2D eigenvalue weighted by Crippen LogP contribution is -2.27. The van der Waals surface area contributed by atoms with E-state index in [2.05, 4.69) is 0 Å². The van der Waals surface area contributed by atoms with E-state index in [1.165, 1.54) is 0 Å². The molecular formula is C25H25NO4. The summed E-state index contributed by atoms with van der Waals surface area (Å²) in [7, 11) is 1.75. The maximum Gasteiger partial charge on any atom is 0.410 e. The Hall–Kier alpha value is -3.47. The van der Waals surface area contributed by atoms with Gasteiger partial charge in [-0.25, -0.2) is 4.79 Å². The van der Waals surface area contributed by atoms with Crippen molar-refractivity contribution >= 4 is 6.09 Å². The molecule has 3 aromatic carbocycles. The van der Waals surface area contributed by atoms with Crippen LogP contribution in [0.25, 0.3) is 0 Å². The van der Waals surface area contributed by atoms with E-state index in [9.17, 15) is 4.79 Å². The van der Waals surface area contributed by atoms with Crippen molar-refractivity contribution < 1.29 is 19.0 Å². The second kappa shape index (κ2) is 8.91. The minimum absolute atomic E-state index is 0.0597. The van der Waals surface area contributed by atoms with Crippen molar-refractivity contribution in [3.63, 3.8) is 0 Å². The highest BCUT2D eigenvalue weighted by Gasteiger charge is 2.37. The highest BCUT2D eigenvalue weighted by molar-refractivity contribution is 5.70. The molecule has 0 spiro atoms. The van der Waals surface area contributed by atoms with Gasteiger partial charge >= 0.3 is 6.09 Å². The van der Waals surface area contributed by atoms with Crippen molar-refractivity contribution in [3.05, 3.63) is 95.6 Å². The van der Waals surface area contributed by atoms with Gasteiger partial charge in [-0.15, -0.1) is 0 Å². The summed E-state index contributed by atoms with van der Waals surface area (Å²) in [5.74, 6) is 1.29. The second-order valence-corrected chi connectivity index (χ2v) is 7.41. The van der Waals surface area contributed by atoms with Crippen LogP contribution < -0.4 is 9.47 Å². The monoisotopic (exact) mass is 403 g/mol. The number of hydrogen-bond acceptors (Lipinski definition) is 4. The van der Waals surface area contributed by atoms with E-state index in [-0.39, 0.29) is 18.2 Å².